The van der Waals surface area contributed by atoms with Crippen molar-refractivity contribution >= 4 is 0 Å². The third kappa shape index (κ3) is 4.16. The molecule has 0 bridgehead atoms. The SMILES string of the molecule is COc1ccc(C(C)NCCN2CCOCC2)c(F)c1. The highest BCUT2D eigenvalue weighted by atomic mass is 19.1. The monoisotopic (exact) mass is 282 g/mol. The van der Waals surface area contributed by atoms with Crippen LogP contribution in [0.4, 0.5) is 4.39 Å². The lowest BCUT2D eigenvalue weighted by atomic mass is 10.1. The lowest BCUT2D eigenvalue weighted by molar-refractivity contribution is 0.0382. The molecule has 0 aliphatic carbocycles. The molecular weight excluding hydrogens is 259 g/mol. The first-order valence-corrected chi connectivity index (χ1v) is 7.07. The standard InChI is InChI=1S/C15H23FN2O2/c1-12(14-4-3-13(19-2)11-15(14)16)17-5-6-18-7-9-20-10-8-18/h3-4,11-12,17H,5-10H2,1-2H3. The first kappa shape index (κ1) is 15.2. The topological polar surface area (TPSA) is 33.7 Å². The van der Waals surface area contributed by atoms with E-state index in [2.05, 4.69) is 10.2 Å². The summed E-state index contributed by atoms with van der Waals surface area (Å²) in [6, 6.07) is 4.98. The minimum Gasteiger partial charge on any atom is -0.497 e. The summed E-state index contributed by atoms with van der Waals surface area (Å²) in [7, 11) is 1.54. The lowest BCUT2D eigenvalue weighted by Crippen LogP contribution is -2.40. The van der Waals surface area contributed by atoms with E-state index < -0.39 is 0 Å². The van der Waals surface area contributed by atoms with Crippen LogP contribution in [0.15, 0.2) is 18.2 Å². The van der Waals surface area contributed by atoms with Crippen LogP contribution in [0.3, 0.4) is 0 Å². The first-order valence-electron chi connectivity index (χ1n) is 7.07. The van der Waals surface area contributed by atoms with Crippen molar-refractivity contribution in [1.82, 2.24) is 10.2 Å². The average Bonchev–Trinajstić information content (AvgIpc) is 2.48. The van der Waals surface area contributed by atoms with E-state index in [1.54, 1.807) is 19.2 Å². The van der Waals surface area contributed by atoms with Gasteiger partial charge >= 0.3 is 0 Å². The van der Waals surface area contributed by atoms with Crippen molar-refractivity contribution in [3.8, 4) is 5.75 Å². The Morgan fingerprint density at radius 1 is 1.40 bits per heavy atom. The number of hydrogen-bond donors (Lipinski definition) is 1. The summed E-state index contributed by atoms with van der Waals surface area (Å²) in [6.45, 7) is 7.35. The van der Waals surface area contributed by atoms with Crippen LogP contribution in [0, 0.1) is 5.82 Å². The summed E-state index contributed by atoms with van der Waals surface area (Å²) in [4.78, 5) is 2.35. The highest BCUT2D eigenvalue weighted by molar-refractivity contribution is 5.30. The smallest absolute Gasteiger partial charge is 0.131 e. The summed E-state index contributed by atoms with van der Waals surface area (Å²) in [5, 5.41) is 3.36. The van der Waals surface area contributed by atoms with Gasteiger partial charge in [-0.3, -0.25) is 4.90 Å². The van der Waals surface area contributed by atoms with Gasteiger partial charge in [-0.15, -0.1) is 0 Å². The van der Waals surface area contributed by atoms with Gasteiger partial charge in [0.15, 0.2) is 0 Å². The summed E-state index contributed by atoms with van der Waals surface area (Å²) >= 11 is 0. The van der Waals surface area contributed by atoms with Crippen LogP contribution in [0.1, 0.15) is 18.5 Å². The molecule has 0 saturated carbocycles. The van der Waals surface area contributed by atoms with E-state index in [-0.39, 0.29) is 11.9 Å². The molecule has 1 unspecified atom stereocenters. The van der Waals surface area contributed by atoms with E-state index in [4.69, 9.17) is 9.47 Å². The molecule has 1 atom stereocenters. The van der Waals surface area contributed by atoms with Crippen LogP contribution < -0.4 is 10.1 Å². The molecule has 1 aromatic carbocycles. The molecule has 2 rings (SSSR count). The molecule has 112 valence electrons. The molecule has 20 heavy (non-hydrogen) atoms. The van der Waals surface area contributed by atoms with Crippen LogP contribution in [-0.2, 0) is 4.74 Å². The first-order chi connectivity index (χ1) is 9.70. The van der Waals surface area contributed by atoms with Crippen molar-refractivity contribution < 1.29 is 13.9 Å². The maximum Gasteiger partial charge on any atom is 0.131 e. The highest BCUT2D eigenvalue weighted by Gasteiger charge is 2.13. The number of hydrogen-bond acceptors (Lipinski definition) is 4. The van der Waals surface area contributed by atoms with Gasteiger partial charge in [-0.05, 0) is 13.0 Å². The van der Waals surface area contributed by atoms with Crippen molar-refractivity contribution in [2.75, 3.05) is 46.5 Å². The molecule has 1 aliphatic heterocycles. The van der Waals surface area contributed by atoms with E-state index >= 15 is 0 Å². The zero-order chi connectivity index (χ0) is 14.4. The molecule has 0 spiro atoms. The highest BCUT2D eigenvalue weighted by Crippen LogP contribution is 2.21. The summed E-state index contributed by atoms with van der Waals surface area (Å²) < 4.78 is 24.2. The molecule has 1 aliphatic rings. The second-order valence-corrected chi connectivity index (χ2v) is 5.02. The molecule has 4 nitrogen and oxygen atoms in total. The van der Waals surface area contributed by atoms with E-state index in [0.717, 1.165) is 39.4 Å². The third-order valence-corrected chi connectivity index (χ3v) is 3.66. The lowest BCUT2D eigenvalue weighted by Gasteiger charge is -2.27. The third-order valence-electron chi connectivity index (χ3n) is 3.66. The van der Waals surface area contributed by atoms with Crippen LogP contribution in [0.2, 0.25) is 0 Å². The van der Waals surface area contributed by atoms with Gasteiger partial charge in [0, 0.05) is 43.9 Å². The summed E-state index contributed by atoms with van der Waals surface area (Å²) in [5.74, 6) is 0.322. The number of nitrogens with zero attached hydrogens (tertiary/aromatic N) is 1. The molecule has 1 fully saturated rings. The number of methoxy groups -OCH3 is 1. The molecule has 1 N–H and O–H groups in total. The molecule has 1 heterocycles. The van der Waals surface area contributed by atoms with E-state index in [9.17, 15) is 4.39 Å². The van der Waals surface area contributed by atoms with Gasteiger partial charge in [-0.2, -0.15) is 0 Å². The Hall–Kier alpha value is -1.17. The summed E-state index contributed by atoms with van der Waals surface area (Å²) in [5.41, 5.74) is 0.674. The van der Waals surface area contributed by atoms with Gasteiger partial charge in [-0.1, -0.05) is 6.07 Å². The molecule has 1 saturated heterocycles. The van der Waals surface area contributed by atoms with Crippen molar-refractivity contribution in [2.24, 2.45) is 0 Å². The fraction of sp³-hybridized carbons (Fsp3) is 0.600. The molecule has 0 aromatic heterocycles. The average molecular weight is 282 g/mol. The zero-order valence-corrected chi connectivity index (χ0v) is 12.2. The van der Waals surface area contributed by atoms with Gasteiger partial charge < -0.3 is 14.8 Å². The van der Waals surface area contributed by atoms with Crippen molar-refractivity contribution in [1.29, 1.82) is 0 Å². The Kier molecular flexibility index (Phi) is 5.76. The largest absolute Gasteiger partial charge is 0.497 e. The van der Waals surface area contributed by atoms with Gasteiger partial charge in [-0.25, -0.2) is 4.39 Å². The van der Waals surface area contributed by atoms with Crippen LogP contribution in [-0.4, -0.2) is 51.4 Å². The number of halogens is 1. The quantitative estimate of drug-likeness (QED) is 0.863. The normalized spacial score (nSPS) is 17.9. The van der Waals surface area contributed by atoms with Crippen molar-refractivity contribution in [2.45, 2.75) is 13.0 Å². The Morgan fingerprint density at radius 2 is 2.15 bits per heavy atom. The second-order valence-electron chi connectivity index (χ2n) is 5.02. The minimum absolute atomic E-state index is 0.0121. The Bertz CT molecular complexity index is 422. The Balaban J connectivity index is 1.80. The second kappa shape index (κ2) is 7.57. The number of ether oxygens (including phenoxy) is 2. The van der Waals surface area contributed by atoms with Crippen LogP contribution in [0.25, 0.3) is 0 Å². The number of benzene rings is 1. The minimum atomic E-state index is -0.226. The molecular formula is C15H23FN2O2. The summed E-state index contributed by atoms with van der Waals surface area (Å²) in [6.07, 6.45) is 0. The molecule has 5 heteroatoms. The fourth-order valence-corrected chi connectivity index (χ4v) is 2.36. The number of morpholine rings is 1. The van der Waals surface area contributed by atoms with E-state index in [1.165, 1.54) is 6.07 Å². The number of rotatable bonds is 6. The van der Waals surface area contributed by atoms with Crippen molar-refractivity contribution in [3.05, 3.63) is 29.6 Å². The predicted octanol–water partition coefficient (Wildman–Crippen LogP) is 1.82. The van der Waals surface area contributed by atoms with E-state index in [1.807, 2.05) is 6.92 Å². The number of nitrogens with one attached hydrogen (secondary N) is 1. The van der Waals surface area contributed by atoms with Gasteiger partial charge in [0.1, 0.15) is 11.6 Å². The van der Waals surface area contributed by atoms with Crippen LogP contribution >= 0.6 is 0 Å². The maximum atomic E-state index is 13.9. The maximum absolute atomic E-state index is 13.9. The Morgan fingerprint density at radius 3 is 2.80 bits per heavy atom. The van der Waals surface area contributed by atoms with E-state index in [0.29, 0.717) is 11.3 Å². The molecule has 1 aromatic rings. The zero-order valence-electron chi connectivity index (χ0n) is 12.2. The van der Waals surface area contributed by atoms with Gasteiger partial charge in [0.25, 0.3) is 0 Å². The predicted molar refractivity (Wildman–Crippen MR) is 76.6 cm³/mol. The van der Waals surface area contributed by atoms with Gasteiger partial charge in [0.2, 0.25) is 0 Å². The fourth-order valence-electron chi connectivity index (χ4n) is 2.36. The van der Waals surface area contributed by atoms with Crippen molar-refractivity contribution in [3.63, 3.8) is 0 Å². The van der Waals surface area contributed by atoms with Gasteiger partial charge in [0.05, 0.1) is 20.3 Å². The molecule has 0 radical (unpaired) electrons. The van der Waals surface area contributed by atoms with Crippen LogP contribution in [0.5, 0.6) is 5.75 Å². The molecule has 0 amide bonds. The Labute approximate surface area is 119 Å².